The summed E-state index contributed by atoms with van der Waals surface area (Å²) in [6, 6.07) is 8.39. The van der Waals surface area contributed by atoms with Crippen LogP contribution in [0.15, 0.2) is 24.3 Å². The first kappa shape index (κ1) is 19.9. The van der Waals surface area contributed by atoms with Crippen molar-refractivity contribution in [2.45, 2.75) is 62.5 Å². The van der Waals surface area contributed by atoms with Crippen molar-refractivity contribution in [1.29, 1.82) is 0 Å². The van der Waals surface area contributed by atoms with E-state index < -0.39 is 0 Å². The van der Waals surface area contributed by atoms with E-state index in [-0.39, 0.29) is 0 Å². The lowest BCUT2D eigenvalue weighted by atomic mass is 9.94. The Morgan fingerprint density at radius 2 is 2.04 bits per heavy atom. The molecule has 144 valence electrons. The molecule has 1 aromatic carbocycles. The molecule has 0 N–H and O–H groups in total. The fourth-order valence-corrected chi connectivity index (χ4v) is 6.92. The second kappa shape index (κ2) is 10.5. The molecule has 0 aliphatic carbocycles. The fourth-order valence-electron chi connectivity index (χ4n) is 3.89. The van der Waals surface area contributed by atoms with Crippen LogP contribution >= 0.6 is 21.6 Å². The second-order valence-corrected chi connectivity index (χ2v) is 10.2. The van der Waals surface area contributed by atoms with Gasteiger partial charge >= 0.3 is 0 Å². The van der Waals surface area contributed by atoms with Gasteiger partial charge in [0.05, 0.1) is 7.11 Å². The van der Waals surface area contributed by atoms with Crippen LogP contribution in [-0.4, -0.2) is 42.0 Å². The summed E-state index contributed by atoms with van der Waals surface area (Å²) in [5.74, 6) is 3.02. The number of unbranched alkanes of at least 4 members (excludes halogenated alkanes) is 1. The van der Waals surface area contributed by atoms with Gasteiger partial charge in [0.15, 0.2) is 0 Å². The van der Waals surface area contributed by atoms with Gasteiger partial charge in [0.2, 0.25) is 5.91 Å². The van der Waals surface area contributed by atoms with Crippen LogP contribution in [0.4, 0.5) is 0 Å². The summed E-state index contributed by atoms with van der Waals surface area (Å²) in [7, 11) is 5.75. The van der Waals surface area contributed by atoms with E-state index in [1.54, 1.807) is 7.11 Å². The second-order valence-electron chi connectivity index (χ2n) is 7.38. The normalized spacial score (nSPS) is 23.7. The highest BCUT2D eigenvalue weighted by molar-refractivity contribution is 8.77. The van der Waals surface area contributed by atoms with Crippen molar-refractivity contribution < 1.29 is 9.53 Å². The molecule has 2 aliphatic heterocycles. The molecule has 0 aromatic heterocycles. The minimum absolute atomic E-state index is 0.360. The lowest BCUT2D eigenvalue weighted by Gasteiger charge is -2.25. The van der Waals surface area contributed by atoms with Crippen LogP contribution in [-0.2, 0) is 4.79 Å². The molecule has 5 heteroatoms. The summed E-state index contributed by atoms with van der Waals surface area (Å²) >= 11 is 0. The minimum Gasteiger partial charge on any atom is -0.497 e. The number of rotatable bonds is 7. The van der Waals surface area contributed by atoms with Gasteiger partial charge in [-0.3, -0.25) is 4.79 Å². The monoisotopic (exact) mass is 393 g/mol. The number of carbonyl (C=O) groups is 1. The Bertz CT molecular complexity index is 558. The molecule has 2 aliphatic rings. The quantitative estimate of drug-likeness (QED) is 0.451. The summed E-state index contributed by atoms with van der Waals surface area (Å²) < 4.78 is 5.26. The molecular weight excluding hydrogens is 362 g/mol. The predicted octanol–water partition coefficient (Wildman–Crippen LogP) is 5.51. The lowest BCUT2D eigenvalue weighted by molar-refractivity contribution is -0.131. The number of benzene rings is 1. The van der Waals surface area contributed by atoms with Crippen LogP contribution in [0.2, 0.25) is 0 Å². The smallest absolute Gasteiger partial charge is 0.222 e. The van der Waals surface area contributed by atoms with E-state index in [4.69, 9.17) is 4.74 Å². The number of ether oxygens (including phenoxy) is 1. The van der Waals surface area contributed by atoms with Gasteiger partial charge in [0.1, 0.15) is 5.75 Å². The summed E-state index contributed by atoms with van der Waals surface area (Å²) in [6.45, 7) is 1.81. The van der Waals surface area contributed by atoms with Crippen LogP contribution in [0.3, 0.4) is 0 Å². The Balaban J connectivity index is 1.47. The van der Waals surface area contributed by atoms with Crippen molar-refractivity contribution in [2.75, 3.05) is 26.0 Å². The van der Waals surface area contributed by atoms with E-state index in [0.29, 0.717) is 11.8 Å². The molecule has 1 aromatic rings. The number of nitrogens with zero attached hydrogens (tertiary/aromatic N) is 1. The van der Waals surface area contributed by atoms with Crippen molar-refractivity contribution in [3.05, 3.63) is 29.8 Å². The molecule has 2 saturated heterocycles. The van der Waals surface area contributed by atoms with Crippen molar-refractivity contribution in [3.63, 3.8) is 0 Å². The summed E-state index contributed by atoms with van der Waals surface area (Å²) in [5, 5.41) is 0.827. The third-order valence-corrected chi connectivity index (χ3v) is 8.51. The third kappa shape index (κ3) is 5.85. The summed E-state index contributed by atoms with van der Waals surface area (Å²) in [4.78, 5) is 14.8. The van der Waals surface area contributed by atoms with E-state index >= 15 is 0 Å². The van der Waals surface area contributed by atoms with Gasteiger partial charge in [-0.25, -0.2) is 0 Å². The van der Waals surface area contributed by atoms with Crippen LogP contribution in [0.5, 0.6) is 5.75 Å². The molecule has 0 spiro atoms. The van der Waals surface area contributed by atoms with Crippen molar-refractivity contribution >= 4 is 27.5 Å². The minimum atomic E-state index is 0.360. The van der Waals surface area contributed by atoms with Gasteiger partial charge in [0.25, 0.3) is 0 Å². The number of carbonyl (C=O) groups excluding carboxylic acids is 1. The average Bonchev–Trinajstić information content (AvgIpc) is 3.07. The molecule has 0 saturated carbocycles. The third-order valence-electron chi connectivity index (χ3n) is 5.51. The predicted molar refractivity (Wildman–Crippen MR) is 113 cm³/mol. The van der Waals surface area contributed by atoms with Gasteiger partial charge in [-0.2, -0.15) is 0 Å². The van der Waals surface area contributed by atoms with E-state index in [2.05, 4.69) is 17.0 Å². The SMILES string of the molecule is COc1ccc([C@H]2CCCCN(C(=O)CCCC[C@@H]3CCSS3)C2)cc1. The number of hydrogen-bond donors (Lipinski definition) is 0. The molecule has 0 bridgehead atoms. The van der Waals surface area contributed by atoms with Gasteiger partial charge in [0, 0.05) is 36.4 Å². The zero-order valence-electron chi connectivity index (χ0n) is 15.8. The average molecular weight is 394 g/mol. The number of hydrogen-bond acceptors (Lipinski definition) is 4. The standard InChI is InChI=1S/C21H31NO2S2/c1-24-19-11-9-17(10-12-19)18-6-4-5-14-22(16-18)21(23)8-3-2-7-20-13-15-25-26-20/h9-12,18,20H,2-8,13-16H2,1H3/t18-,20+/m0/s1. The summed E-state index contributed by atoms with van der Waals surface area (Å²) in [6.07, 6.45) is 9.10. The Morgan fingerprint density at radius 1 is 1.19 bits per heavy atom. The molecule has 0 unspecified atom stereocenters. The maximum Gasteiger partial charge on any atom is 0.222 e. The first-order chi connectivity index (χ1) is 12.8. The highest BCUT2D eigenvalue weighted by Crippen LogP contribution is 2.40. The molecule has 26 heavy (non-hydrogen) atoms. The van der Waals surface area contributed by atoms with Crippen LogP contribution in [0, 0.1) is 0 Å². The van der Waals surface area contributed by atoms with Crippen LogP contribution in [0.25, 0.3) is 0 Å². The van der Waals surface area contributed by atoms with Crippen molar-refractivity contribution in [1.82, 2.24) is 4.90 Å². The number of methoxy groups -OCH3 is 1. The first-order valence-electron chi connectivity index (χ1n) is 9.96. The molecule has 3 rings (SSSR count). The first-order valence-corrected chi connectivity index (χ1v) is 12.3. The maximum atomic E-state index is 12.7. The molecule has 3 nitrogen and oxygen atoms in total. The Hall–Kier alpha value is -0.810. The van der Waals surface area contributed by atoms with Gasteiger partial charge < -0.3 is 9.64 Å². The summed E-state index contributed by atoms with van der Waals surface area (Å²) in [5.41, 5.74) is 1.33. The maximum absolute atomic E-state index is 12.7. The van der Waals surface area contributed by atoms with Crippen molar-refractivity contribution in [2.24, 2.45) is 0 Å². The molecule has 1 amide bonds. The Morgan fingerprint density at radius 3 is 2.77 bits per heavy atom. The molecule has 2 fully saturated rings. The molecular formula is C21H31NO2S2. The molecule has 2 atom stereocenters. The van der Waals surface area contributed by atoms with Gasteiger partial charge in [-0.1, -0.05) is 46.6 Å². The Labute approximate surface area is 166 Å². The number of likely N-dealkylation sites (tertiary alicyclic amines) is 1. The van der Waals surface area contributed by atoms with Gasteiger partial charge in [-0.15, -0.1) is 0 Å². The molecule has 0 radical (unpaired) electrons. The van der Waals surface area contributed by atoms with E-state index in [9.17, 15) is 4.79 Å². The fraction of sp³-hybridized carbons (Fsp3) is 0.667. The molecule has 2 heterocycles. The van der Waals surface area contributed by atoms with Gasteiger partial charge in [-0.05, 0) is 49.8 Å². The van der Waals surface area contributed by atoms with Crippen LogP contribution in [0.1, 0.15) is 62.8 Å². The number of amides is 1. The van der Waals surface area contributed by atoms with Crippen molar-refractivity contribution in [3.8, 4) is 5.75 Å². The van der Waals surface area contributed by atoms with E-state index in [1.807, 2.05) is 33.7 Å². The Kier molecular flexibility index (Phi) is 8.06. The zero-order valence-corrected chi connectivity index (χ0v) is 17.5. The topological polar surface area (TPSA) is 29.5 Å². The lowest BCUT2D eigenvalue weighted by Crippen LogP contribution is -2.33. The largest absolute Gasteiger partial charge is 0.497 e. The van der Waals surface area contributed by atoms with Crippen LogP contribution < -0.4 is 4.74 Å². The highest BCUT2D eigenvalue weighted by Gasteiger charge is 2.23. The highest BCUT2D eigenvalue weighted by atomic mass is 33.1. The zero-order chi connectivity index (χ0) is 18.2. The van der Waals surface area contributed by atoms with E-state index in [0.717, 1.165) is 43.4 Å². The van der Waals surface area contributed by atoms with E-state index in [1.165, 1.54) is 43.4 Å².